The fraction of sp³-hybridized carbons (Fsp3) is 0. The van der Waals surface area contributed by atoms with Gasteiger partial charge in [0.05, 0.1) is 0 Å². The van der Waals surface area contributed by atoms with Crippen molar-refractivity contribution in [1.82, 2.24) is 0 Å². The van der Waals surface area contributed by atoms with Crippen LogP contribution in [-0.4, -0.2) is 0 Å². The van der Waals surface area contributed by atoms with E-state index in [4.69, 9.17) is 0 Å². The summed E-state index contributed by atoms with van der Waals surface area (Å²) in [6.07, 6.45) is 0. The first-order chi connectivity index (χ1) is 0. The van der Waals surface area contributed by atoms with Gasteiger partial charge in [0.1, 0.15) is 0 Å². The summed E-state index contributed by atoms with van der Waals surface area (Å²) in [5, 5.41) is 0. The van der Waals surface area contributed by atoms with Crippen LogP contribution in [0.3, 0.4) is 0 Å². The standard InChI is InChI=1S/9O.Sc.3V/q9*-2;+3;;;. The van der Waals surface area contributed by atoms with Crippen molar-refractivity contribution < 1.29 is 131 Å². The Morgan fingerprint density at radius 2 is 0.231 bits per heavy atom. The molecule has 3 radical (unpaired) electrons. The number of hydrogen-bond donors (Lipinski definition) is 0. The van der Waals surface area contributed by atoms with Crippen LogP contribution in [0.25, 0.3) is 0 Å². The van der Waals surface area contributed by atoms with Crippen LogP contribution >= 0.6 is 0 Å². The Bertz CT molecular complexity index is 14.8. The second-order valence-electron chi connectivity index (χ2n) is 0. The van der Waals surface area contributed by atoms with Crippen molar-refractivity contribution in [1.29, 1.82) is 0 Å². The number of hydrogen-bond acceptors (Lipinski definition) is 0. The van der Waals surface area contributed by atoms with Gasteiger partial charge in [-0.25, -0.2) is 0 Å². The molecule has 0 rings (SSSR count). The molecule has 0 aliphatic heterocycles. The van der Waals surface area contributed by atoms with E-state index in [-0.39, 0.29) is 131 Å². The molecule has 0 spiro atoms. The van der Waals surface area contributed by atoms with Crippen LogP contribution in [0.4, 0.5) is 0 Å². The van der Waals surface area contributed by atoms with Gasteiger partial charge in [0.15, 0.2) is 0 Å². The molecule has 0 aromatic heterocycles. The average Bonchev–Trinajstić information content (AvgIpc) is 0. The Morgan fingerprint density at radius 1 is 0.231 bits per heavy atom. The van der Waals surface area contributed by atoms with E-state index >= 15 is 0 Å². The van der Waals surface area contributed by atoms with Gasteiger partial charge in [-0.15, -0.1) is 0 Å². The fourth-order valence-electron chi connectivity index (χ4n) is 0. The van der Waals surface area contributed by atoms with Gasteiger partial charge in [0.2, 0.25) is 0 Å². The molecule has 0 aromatic carbocycles. The molecule has 0 N–H and O–H groups in total. The van der Waals surface area contributed by atoms with Gasteiger partial charge in [-0.2, -0.15) is 0 Å². The van der Waals surface area contributed by atoms with Crippen LogP contribution in [0.1, 0.15) is 0 Å². The van der Waals surface area contributed by atoms with E-state index in [9.17, 15) is 0 Å². The monoisotopic (exact) mass is 342 g/mol. The predicted octanol–water partition coefficient (Wildman–Crippen LogP) is -1.08. The smallest absolute Gasteiger partial charge is 2.00 e. The van der Waals surface area contributed by atoms with E-state index in [2.05, 4.69) is 0 Å². The Morgan fingerprint density at radius 3 is 0.231 bits per heavy atom. The van der Waals surface area contributed by atoms with Crippen LogP contribution in [0, 0.1) is 0 Å². The molecular weight excluding hydrogens is 342 g/mol. The third kappa shape index (κ3) is 419. The van der Waals surface area contributed by atoms with Gasteiger partial charge >= 0.3 is 25.8 Å². The van der Waals surface area contributed by atoms with Crippen molar-refractivity contribution in [2.75, 3.05) is 0 Å². The zero-order chi connectivity index (χ0) is 0. The van der Waals surface area contributed by atoms with Gasteiger partial charge in [0, 0.05) is 55.7 Å². The maximum atomic E-state index is 0. The SMILES string of the molecule is [O-2].[O-2].[O-2].[O-2].[O-2].[O-2].[O-2].[O-2].[O-2].[Sc+3].[V].[V].[V]. The summed E-state index contributed by atoms with van der Waals surface area (Å²) in [5.74, 6) is 0. The topological polar surface area (TPSA) is 256 Å². The molecule has 0 heterocycles. The largest absolute Gasteiger partial charge is 3.00 e. The van der Waals surface area contributed by atoms with E-state index in [1.165, 1.54) is 0 Å². The molecule has 0 fully saturated rings. The minimum Gasteiger partial charge on any atom is -2.00 e. The molecule has 87 valence electrons. The summed E-state index contributed by atoms with van der Waals surface area (Å²) in [6, 6.07) is 0. The Hall–Kier alpha value is 2.26. The summed E-state index contributed by atoms with van der Waals surface area (Å²) < 4.78 is 0. The van der Waals surface area contributed by atoms with Crippen molar-refractivity contribution >= 4 is 0 Å². The molecule has 9 nitrogen and oxygen atoms in total. The van der Waals surface area contributed by atoms with Crippen LogP contribution in [0.15, 0.2) is 0 Å². The molecule has 0 amide bonds. The van der Waals surface area contributed by atoms with Crippen LogP contribution in [0.5, 0.6) is 0 Å². The van der Waals surface area contributed by atoms with Crippen molar-refractivity contribution in [2.45, 2.75) is 0 Å². The first-order valence-electron chi connectivity index (χ1n) is 0. The molecule has 0 saturated carbocycles. The Labute approximate surface area is 130 Å². The fourth-order valence-corrected chi connectivity index (χ4v) is 0. The Kier molecular flexibility index (Phi) is 22800. The molecular formula is O9ScV3-15. The van der Waals surface area contributed by atoms with Gasteiger partial charge in [-0.1, -0.05) is 0 Å². The van der Waals surface area contributed by atoms with Gasteiger partial charge in [0.25, 0.3) is 0 Å². The molecule has 13 heteroatoms. The zero-order valence-electron chi connectivity index (χ0n) is 5.59. The van der Waals surface area contributed by atoms with Gasteiger partial charge in [-0.05, 0) is 0 Å². The summed E-state index contributed by atoms with van der Waals surface area (Å²) in [4.78, 5) is 0. The van der Waals surface area contributed by atoms with Crippen LogP contribution < -0.4 is 0 Å². The minimum absolute atomic E-state index is 0. The van der Waals surface area contributed by atoms with E-state index < -0.39 is 0 Å². The van der Waals surface area contributed by atoms with Crippen LogP contribution in [-0.2, 0) is 131 Å². The first kappa shape index (κ1) is 606. The van der Waals surface area contributed by atoms with Crippen molar-refractivity contribution in [3.05, 3.63) is 0 Å². The second kappa shape index (κ2) is 490. The molecule has 0 saturated heterocycles. The summed E-state index contributed by atoms with van der Waals surface area (Å²) in [5.41, 5.74) is 0. The minimum atomic E-state index is 0. The van der Waals surface area contributed by atoms with Crippen molar-refractivity contribution in [3.63, 3.8) is 0 Å². The molecule has 0 aromatic rings. The second-order valence-corrected chi connectivity index (χ2v) is 0. The third-order valence-corrected chi connectivity index (χ3v) is 0. The molecule has 0 aliphatic carbocycles. The summed E-state index contributed by atoms with van der Waals surface area (Å²) in [7, 11) is 0. The molecule has 0 bridgehead atoms. The van der Waals surface area contributed by atoms with E-state index in [0.717, 1.165) is 0 Å². The molecule has 0 atom stereocenters. The summed E-state index contributed by atoms with van der Waals surface area (Å²) >= 11 is 0. The van der Waals surface area contributed by atoms with Crippen LogP contribution in [0.2, 0.25) is 0 Å². The van der Waals surface area contributed by atoms with E-state index in [0.29, 0.717) is 0 Å². The third-order valence-electron chi connectivity index (χ3n) is 0. The molecule has 0 unspecified atom stereocenters. The summed E-state index contributed by atoms with van der Waals surface area (Å²) in [6.45, 7) is 0. The van der Waals surface area contributed by atoms with Crippen molar-refractivity contribution in [2.24, 2.45) is 0 Å². The predicted molar refractivity (Wildman–Crippen MR) is 6.18 cm³/mol. The maximum absolute atomic E-state index is 0. The maximum Gasteiger partial charge on any atom is 3.00 e. The zero-order valence-corrected chi connectivity index (χ0v) is 11.6. The van der Waals surface area contributed by atoms with E-state index in [1.807, 2.05) is 0 Å². The quantitative estimate of drug-likeness (QED) is 0.508. The first-order valence-corrected chi connectivity index (χ1v) is 0. The van der Waals surface area contributed by atoms with Gasteiger partial charge < -0.3 is 49.3 Å². The molecule has 13 heavy (non-hydrogen) atoms. The van der Waals surface area contributed by atoms with Gasteiger partial charge in [-0.3, -0.25) is 0 Å². The Balaban J connectivity index is 0. The molecule has 0 aliphatic rings. The number of rotatable bonds is 0. The van der Waals surface area contributed by atoms with E-state index in [1.54, 1.807) is 0 Å². The average molecular weight is 342 g/mol. The van der Waals surface area contributed by atoms with Crippen molar-refractivity contribution in [3.8, 4) is 0 Å². The normalized spacial score (nSPS) is 0.